The van der Waals surface area contributed by atoms with E-state index in [1.807, 2.05) is 24.6 Å². The molecule has 0 N–H and O–H groups in total. The predicted octanol–water partition coefficient (Wildman–Crippen LogP) is 8.11. The topological polar surface area (TPSA) is 54.5 Å². The van der Waals surface area contributed by atoms with Crippen LogP contribution in [0, 0.1) is 40.5 Å². The summed E-state index contributed by atoms with van der Waals surface area (Å²) in [5.41, 5.74) is 4.66. The molecule has 2 heterocycles. The van der Waals surface area contributed by atoms with Gasteiger partial charge >= 0.3 is 21.1 Å². The maximum Gasteiger partial charge on any atom is 2.00 e. The van der Waals surface area contributed by atoms with E-state index in [0.29, 0.717) is 16.9 Å². The van der Waals surface area contributed by atoms with Gasteiger partial charge in [-0.25, -0.2) is 0 Å². The summed E-state index contributed by atoms with van der Waals surface area (Å²) in [6.07, 6.45) is 1.65. The average Bonchev–Trinajstić information content (AvgIpc) is 3.31. The van der Waals surface area contributed by atoms with Crippen molar-refractivity contribution in [3.8, 4) is 23.0 Å². The standard InChI is InChI=1S/C33H34F2N4.Pt/c1-8-21(2)23-15-29(27-13-12-24(34)17-28(27)35)37-30(16-23)33(6,7)31-18-26(19-32(3,4)5)39(38-31)25-11-9-10-22(14-25)20-36;/h9-10,12,14-18,21H,8,19H2,1-7H3;/q-2;+2. The first-order chi connectivity index (χ1) is 18.3. The Hall–Kier alpha value is -3.16. The molecule has 40 heavy (non-hydrogen) atoms. The van der Waals surface area contributed by atoms with Crippen LogP contribution in [0.1, 0.15) is 89.0 Å². The number of nitrogens with zero attached hydrogens (tertiary/aromatic N) is 4. The number of hydrogen-bond donors (Lipinski definition) is 0. The molecule has 4 nitrogen and oxygen atoms in total. The summed E-state index contributed by atoms with van der Waals surface area (Å²) < 4.78 is 30.3. The van der Waals surface area contributed by atoms with E-state index in [1.54, 1.807) is 18.2 Å². The number of halogens is 2. The Morgan fingerprint density at radius 2 is 1.75 bits per heavy atom. The van der Waals surface area contributed by atoms with Crippen molar-refractivity contribution in [2.45, 2.75) is 72.6 Å². The number of aromatic nitrogens is 3. The first-order valence-corrected chi connectivity index (χ1v) is 13.2. The normalized spacial score (nSPS) is 12.5. The van der Waals surface area contributed by atoms with Crippen LogP contribution in [0.25, 0.3) is 16.9 Å². The van der Waals surface area contributed by atoms with Crippen molar-refractivity contribution in [1.82, 2.24) is 14.8 Å². The summed E-state index contributed by atoms with van der Waals surface area (Å²) in [5, 5.41) is 14.5. The molecule has 0 saturated carbocycles. The van der Waals surface area contributed by atoms with Crippen molar-refractivity contribution >= 4 is 0 Å². The van der Waals surface area contributed by atoms with Gasteiger partial charge in [0.2, 0.25) is 0 Å². The fourth-order valence-electron chi connectivity index (χ4n) is 4.54. The van der Waals surface area contributed by atoms with E-state index >= 15 is 0 Å². The summed E-state index contributed by atoms with van der Waals surface area (Å²) in [6.45, 7) is 14.8. The van der Waals surface area contributed by atoms with Crippen LogP contribution >= 0.6 is 0 Å². The third-order valence-corrected chi connectivity index (χ3v) is 7.06. The molecule has 0 spiro atoms. The summed E-state index contributed by atoms with van der Waals surface area (Å²) in [5.74, 6) is -1.16. The first kappa shape index (κ1) is 31.4. The molecule has 0 radical (unpaired) electrons. The predicted molar refractivity (Wildman–Crippen MR) is 150 cm³/mol. The third-order valence-electron chi connectivity index (χ3n) is 7.06. The Kier molecular flexibility index (Phi) is 9.53. The van der Waals surface area contributed by atoms with E-state index in [4.69, 9.17) is 10.1 Å². The second kappa shape index (κ2) is 12.1. The summed E-state index contributed by atoms with van der Waals surface area (Å²) >= 11 is 0. The Balaban J connectivity index is 0.00000441. The van der Waals surface area contributed by atoms with Gasteiger partial charge in [0.25, 0.3) is 0 Å². The maximum absolute atomic E-state index is 14.8. The van der Waals surface area contributed by atoms with E-state index in [0.717, 1.165) is 47.6 Å². The molecule has 1 unspecified atom stereocenters. The molecular weight excluding hydrogens is 685 g/mol. The zero-order chi connectivity index (χ0) is 28.5. The van der Waals surface area contributed by atoms with Crippen LogP contribution < -0.4 is 0 Å². The molecule has 1 atom stereocenters. The van der Waals surface area contributed by atoms with Gasteiger partial charge in [-0.15, -0.1) is 18.2 Å². The molecule has 2 aromatic heterocycles. The van der Waals surface area contributed by atoms with Crippen molar-refractivity contribution in [2.75, 3.05) is 0 Å². The van der Waals surface area contributed by atoms with Crippen molar-refractivity contribution < 1.29 is 29.8 Å². The molecular formula is C33H34F2N4Pt. The molecule has 210 valence electrons. The monoisotopic (exact) mass is 719 g/mol. The molecule has 0 aliphatic rings. The molecule has 7 heteroatoms. The molecule has 4 aromatic rings. The molecule has 0 aliphatic carbocycles. The second-order valence-electron chi connectivity index (χ2n) is 11.9. The Labute approximate surface area is 250 Å². The van der Waals surface area contributed by atoms with Crippen molar-refractivity contribution in [3.05, 3.63) is 101 Å². The summed E-state index contributed by atoms with van der Waals surface area (Å²) in [6, 6.07) is 21.4. The van der Waals surface area contributed by atoms with Crippen LogP contribution in [0.3, 0.4) is 0 Å². The molecule has 0 saturated heterocycles. The minimum Gasteiger partial charge on any atom is -0.300 e. The van der Waals surface area contributed by atoms with Crippen LogP contribution in [0.2, 0.25) is 0 Å². The third kappa shape index (κ3) is 6.76. The molecule has 0 bridgehead atoms. The van der Waals surface area contributed by atoms with Gasteiger partial charge in [0.1, 0.15) is 0 Å². The Bertz CT molecular complexity index is 1540. The maximum atomic E-state index is 14.8. The zero-order valence-electron chi connectivity index (χ0n) is 24.0. The number of hydrogen-bond acceptors (Lipinski definition) is 3. The van der Waals surface area contributed by atoms with Crippen molar-refractivity contribution in [3.63, 3.8) is 0 Å². The molecule has 0 amide bonds. The van der Waals surface area contributed by atoms with Crippen molar-refractivity contribution in [2.24, 2.45) is 5.41 Å². The largest absolute Gasteiger partial charge is 2.00 e. The Morgan fingerprint density at radius 3 is 2.38 bits per heavy atom. The van der Waals surface area contributed by atoms with Gasteiger partial charge in [-0.05, 0) is 61.5 Å². The van der Waals surface area contributed by atoms with Crippen LogP contribution in [0.15, 0.2) is 48.5 Å². The molecule has 2 aromatic carbocycles. The number of rotatable bonds is 7. The van der Waals surface area contributed by atoms with Gasteiger partial charge in [-0.1, -0.05) is 63.4 Å². The number of pyridine rings is 1. The fourth-order valence-corrected chi connectivity index (χ4v) is 4.54. The van der Waals surface area contributed by atoms with Crippen molar-refractivity contribution in [1.29, 1.82) is 5.26 Å². The van der Waals surface area contributed by atoms with Crippen LogP contribution in [0.5, 0.6) is 0 Å². The van der Waals surface area contributed by atoms with Crippen LogP contribution in [-0.4, -0.2) is 14.8 Å². The minimum atomic E-state index is -0.697. The van der Waals surface area contributed by atoms with Gasteiger partial charge in [0.05, 0.1) is 17.2 Å². The van der Waals surface area contributed by atoms with Gasteiger partial charge in [-0.2, -0.15) is 28.6 Å². The summed E-state index contributed by atoms with van der Waals surface area (Å²) in [7, 11) is 0. The van der Waals surface area contributed by atoms with Gasteiger partial charge in [0.15, 0.2) is 0 Å². The molecule has 0 fully saturated rings. The van der Waals surface area contributed by atoms with Crippen LogP contribution in [-0.2, 0) is 32.9 Å². The smallest absolute Gasteiger partial charge is 0.300 e. The van der Waals surface area contributed by atoms with E-state index in [-0.39, 0.29) is 38.0 Å². The van der Waals surface area contributed by atoms with Gasteiger partial charge in [-0.3, -0.25) is 13.5 Å². The van der Waals surface area contributed by atoms with E-state index in [2.05, 4.69) is 65.0 Å². The molecule has 0 aliphatic heterocycles. The second-order valence-corrected chi connectivity index (χ2v) is 11.9. The number of benzene rings is 2. The molecule has 4 rings (SSSR count). The fraction of sp³-hybridized carbons (Fsp3) is 0.364. The number of nitriles is 1. The van der Waals surface area contributed by atoms with E-state index in [9.17, 15) is 14.0 Å². The first-order valence-electron chi connectivity index (χ1n) is 13.2. The Morgan fingerprint density at radius 1 is 1.02 bits per heavy atom. The van der Waals surface area contributed by atoms with E-state index in [1.165, 1.54) is 0 Å². The van der Waals surface area contributed by atoms with Crippen LogP contribution in [0.4, 0.5) is 8.78 Å². The quantitative estimate of drug-likeness (QED) is 0.182. The zero-order valence-corrected chi connectivity index (χ0v) is 26.2. The van der Waals surface area contributed by atoms with Gasteiger partial charge in [0, 0.05) is 23.0 Å². The van der Waals surface area contributed by atoms with E-state index < -0.39 is 17.0 Å². The SMILES string of the molecule is CCC(C)c1cc(-c2[c-]cc(F)cc2F)nc(C(C)(C)c2cc(CC(C)(C)C)n(-c3[c-]ccc(C#N)c3)n2)c1.[Pt+2]. The summed E-state index contributed by atoms with van der Waals surface area (Å²) in [4.78, 5) is 4.88. The average molecular weight is 720 g/mol. The van der Waals surface area contributed by atoms with Gasteiger partial charge < -0.3 is 4.98 Å². The minimum absolute atomic E-state index is 0.